The molecule has 5 nitrogen and oxygen atoms in total. The smallest absolute Gasteiger partial charge is 0.282 e. The molecule has 1 saturated heterocycles. The maximum absolute atomic E-state index is 14.1. The summed E-state index contributed by atoms with van der Waals surface area (Å²) in [6.07, 6.45) is 0. The molecule has 1 fully saturated rings. The van der Waals surface area contributed by atoms with Crippen molar-refractivity contribution in [2.24, 2.45) is 16.6 Å². The predicted molar refractivity (Wildman–Crippen MR) is 64.4 cm³/mol. The van der Waals surface area contributed by atoms with E-state index in [1.807, 2.05) is 0 Å². The van der Waals surface area contributed by atoms with E-state index in [0.29, 0.717) is 31.1 Å². The second kappa shape index (κ2) is 3.84. The fourth-order valence-corrected chi connectivity index (χ4v) is 2.57. The number of benzene rings is 1. The largest absolute Gasteiger partial charge is 0.465 e. The molecule has 0 aliphatic carbocycles. The van der Waals surface area contributed by atoms with Gasteiger partial charge in [-0.25, -0.2) is 9.38 Å². The molecular formula is C12H14FN3O2. The van der Waals surface area contributed by atoms with E-state index in [9.17, 15) is 4.39 Å². The zero-order valence-electron chi connectivity index (χ0n) is 9.73. The minimum absolute atomic E-state index is 0.0406. The van der Waals surface area contributed by atoms with Gasteiger partial charge in [-0.2, -0.15) is 0 Å². The van der Waals surface area contributed by atoms with Crippen LogP contribution in [0.1, 0.15) is 5.56 Å². The zero-order valence-corrected chi connectivity index (χ0v) is 9.73. The highest BCUT2D eigenvalue weighted by atomic mass is 19.1. The van der Waals surface area contributed by atoms with Crippen LogP contribution < -0.4 is 11.5 Å². The standard InChI is InChI=1S/C12H14FN3O2/c13-10-2-1-8(14)3-9(10)12-6-17-4-7(12)5-18-11(15)16-12/h1-3,7H,4-6,14H2,(H2,15,16)/t7?,12-/m0/s1. The molecule has 2 heterocycles. The molecule has 2 aliphatic heterocycles. The molecule has 0 bridgehead atoms. The Hall–Kier alpha value is -1.82. The summed E-state index contributed by atoms with van der Waals surface area (Å²) in [4.78, 5) is 4.30. The highest BCUT2D eigenvalue weighted by Gasteiger charge is 2.50. The average Bonchev–Trinajstić information content (AvgIpc) is 2.76. The Labute approximate surface area is 104 Å². The lowest BCUT2D eigenvalue weighted by molar-refractivity contribution is 0.154. The Morgan fingerprint density at radius 3 is 3.00 bits per heavy atom. The number of aliphatic imine (C=N–C) groups is 1. The number of nitrogen functional groups attached to an aromatic ring is 1. The number of hydrogen-bond acceptors (Lipinski definition) is 5. The topological polar surface area (TPSA) is 82.9 Å². The van der Waals surface area contributed by atoms with Crippen molar-refractivity contribution in [2.45, 2.75) is 5.54 Å². The molecule has 6 heteroatoms. The highest BCUT2D eigenvalue weighted by Crippen LogP contribution is 2.43. The SMILES string of the molecule is NC1=N[C@@]2(c3cc(N)ccc3F)COCC2CO1. The summed E-state index contributed by atoms with van der Waals surface area (Å²) in [7, 11) is 0. The first-order valence-corrected chi connectivity index (χ1v) is 5.73. The monoisotopic (exact) mass is 251 g/mol. The van der Waals surface area contributed by atoms with Gasteiger partial charge in [0.1, 0.15) is 11.4 Å². The van der Waals surface area contributed by atoms with Gasteiger partial charge in [0.2, 0.25) is 0 Å². The fourth-order valence-electron chi connectivity index (χ4n) is 2.57. The Bertz CT molecular complexity index is 520. The number of ether oxygens (including phenoxy) is 2. The number of fused-ring (bicyclic) bond motifs is 1. The van der Waals surface area contributed by atoms with Crippen LogP contribution >= 0.6 is 0 Å². The van der Waals surface area contributed by atoms with Crippen molar-refractivity contribution in [3.8, 4) is 0 Å². The number of anilines is 1. The second-order valence-corrected chi connectivity index (χ2v) is 4.64. The summed E-state index contributed by atoms with van der Waals surface area (Å²) in [6, 6.07) is 4.53. The van der Waals surface area contributed by atoms with Gasteiger partial charge in [0.25, 0.3) is 6.02 Å². The van der Waals surface area contributed by atoms with Crippen molar-refractivity contribution < 1.29 is 13.9 Å². The van der Waals surface area contributed by atoms with Crippen LogP contribution in [0.25, 0.3) is 0 Å². The van der Waals surface area contributed by atoms with E-state index in [1.54, 1.807) is 6.07 Å². The molecule has 2 atom stereocenters. The number of nitrogens with zero attached hydrogens (tertiary/aromatic N) is 1. The number of amidine groups is 1. The van der Waals surface area contributed by atoms with Crippen LogP contribution in [0.2, 0.25) is 0 Å². The first-order chi connectivity index (χ1) is 8.62. The second-order valence-electron chi connectivity index (χ2n) is 4.64. The Morgan fingerprint density at radius 1 is 1.33 bits per heavy atom. The number of hydrogen-bond donors (Lipinski definition) is 2. The van der Waals surface area contributed by atoms with Gasteiger partial charge in [-0.1, -0.05) is 0 Å². The van der Waals surface area contributed by atoms with E-state index in [2.05, 4.69) is 4.99 Å². The third-order valence-electron chi connectivity index (χ3n) is 3.52. The third-order valence-corrected chi connectivity index (χ3v) is 3.52. The first kappa shape index (κ1) is 11.3. The minimum Gasteiger partial charge on any atom is -0.465 e. The zero-order chi connectivity index (χ0) is 12.8. The summed E-state index contributed by atoms with van der Waals surface area (Å²) in [5.74, 6) is -0.390. The highest BCUT2D eigenvalue weighted by molar-refractivity contribution is 5.73. The minimum atomic E-state index is -0.804. The predicted octanol–water partition coefficient (Wildman–Crippen LogP) is 0.594. The molecule has 0 saturated carbocycles. The van der Waals surface area contributed by atoms with Crippen molar-refractivity contribution in [1.29, 1.82) is 0 Å². The lowest BCUT2D eigenvalue weighted by Crippen LogP contribution is -2.43. The van der Waals surface area contributed by atoms with Crippen LogP contribution in [0.3, 0.4) is 0 Å². The summed E-state index contributed by atoms with van der Waals surface area (Å²) in [5.41, 5.74) is 11.5. The Morgan fingerprint density at radius 2 is 2.17 bits per heavy atom. The molecule has 3 rings (SSSR count). The first-order valence-electron chi connectivity index (χ1n) is 5.73. The molecule has 1 unspecified atom stereocenters. The van der Waals surface area contributed by atoms with Gasteiger partial charge in [0.05, 0.1) is 19.8 Å². The van der Waals surface area contributed by atoms with Gasteiger partial charge < -0.3 is 20.9 Å². The lowest BCUT2D eigenvalue weighted by atomic mass is 9.80. The summed E-state index contributed by atoms with van der Waals surface area (Å²) < 4.78 is 24.7. The quantitative estimate of drug-likeness (QED) is 0.716. The van der Waals surface area contributed by atoms with Crippen molar-refractivity contribution in [1.82, 2.24) is 0 Å². The molecule has 4 N–H and O–H groups in total. The van der Waals surface area contributed by atoms with E-state index >= 15 is 0 Å². The molecule has 2 aliphatic rings. The molecule has 0 spiro atoms. The maximum Gasteiger partial charge on any atom is 0.282 e. The number of rotatable bonds is 1. The molecule has 96 valence electrons. The van der Waals surface area contributed by atoms with E-state index in [-0.39, 0.29) is 17.8 Å². The van der Waals surface area contributed by atoms with Gasteiger partial charge in [0, 0.05) is 17.2 Å². The Balaban J connectivity index is 2.17. The van der Waals surface area contributed by atoms with Crippen molar-refractivity contribution in [3.05, 3.63) is 29.6 Å². The van der Waals surface area contributed by atoms with Crippen LogP contribution in [0, 0.1) is 11.7 Å². The lowest BCUT2D eigenvalue weighted by Gasteiger charge is -2.34. The van der Waals surface area contributed by atoms with Crippen molar-refractivity contribution in [3.63, 3.8) is 0 Å². The van der Waals surface area contributed by atoms with Gasteiger partial charge >= 0.3 is 0 Å². The molecule has 0 aromatic heterocycles. The van der Waals surface area contributed by atoms with Crippen LogP contribution in [0.5, 0.6) is 0 Å². The molecule has 1 aromatic rings. The van der Waals surface area contributed by atoms with Crippen molar-refractivity contribution in [2.75, 3.05) is 25.6 Å². The van der Waals surface area contributed by atoms with Gasteiger partial charge in [0.15, 0.2) is 0 Å². The van der Waals surface area contributed by atoms with E-state index in [0.717, 1.165) is 0 Å². The van der Waals surface area contributed by atoms with E-state index < -0.39 is 5.54 Å². The van der Waals surface area contributed by atoms with Gasteiger partial charge in [-0.05, 0) is 18.2 Å². The van der Waals surface area contributed by atoms with Gasteiger partial charge in [-0.15, -0.1) is 0 Å². The van der Waals surface area contributed by atoms with Crippen molar-refractivity contribution >= 4 is 11.7 Å². The summed E-state index contributed by atoms with van der Waals surface area (Å²) in [6.45, 7) is 1.15. The number of halogens is 1. The third kappa shape index (κ3) is 1.53. The van der Waals surface area contributed by atoms with Crippen LogP contribution in [0.4, 0.5) is 10.1 Å². The summed E-state index contributed by atoms with van der Waals surface area (Å²) >= 11 is 0. The summed E-state index contributed by atoms with van der Waals surface area (Å²) in [5, 5.41) is 0. The molecule has 0 radical (unpaired) electrons. The van der Waals surface area contributed by atoms with E-state index in [4.69, 9.17) is 20.9 Å². The van der Waals surface area contributed by atoms with Crippen LogP contribution in [-0.4, -0.2) is 25.8 Å². The molecular weight excluding hydrogens is 237 g/mol. The van der Waals surface area contributed by atoms with E-state index in [1.165, 1.54) is 12.1 Å². The normalized spacial score (nSPS) is 30.5. The van der Waals surface area contributed by atoms with Crippen LogP contribution in [0.15, 0.2) is 23.2 Å². The van der Waals surface area contributed by atoms with Gasteiger partial charge in [-0.3, -0.25) is 0 Å². The Kier molecular flexibility index (Phi) is 2.41. The molecule has 18 heavy (non-hydrogen) atoms. The molecule has 0 amide bonds. The van der Waals surface area contributed by atoms with Crippen LogP contribution in [-0.2, 0) is 15.0 Å². The maximum atomic E-state index is 14.1. The average molecular weight is 251 g/mol. The number of nitrogens with two attached hydrogens (primary N) is 2. The molecule has 1 aromatic carbocycles. The fraction of sp³-hybridized carbons (Fsp3) is 0.417.